The van der Waals surface area contributed by atoms with Crippen molar-refractivity contribution in [3.05, 3.63) is 35.4 Å². The van der Waals surface area contributed by atoms with Crippen LogP contribution in [0.2, 0.25) is 0 Å². The molecule has 4 atom stereocenters. The van der Waals surface area contributed by atoms with Crippen molar-refractivity contribution in [2.75, 3.05) is 0 Å². The van der Waals surface area contributed by atoms with Gasteiger partial charge in [-0.1, -0.05) is 0 Å². The van der Waals surface area contributed by atoms with E-state index < -0.39 is 23.5 Å². The van der Waals surface area contributed by atoms with Crippen LogP contribution in [0.4, 0.5) is 8.78 Å². The molecule has 2 fully saturated rings. The molecule has 0 saturated heterocycles. The topological polar surface area (TPSA) is 49.3 Å². The number of aliphatic carboxylic acids is 1. The van der Waals surface area contributed by atoms with Crippen LogP contribution in [0.15, 0.2) is 18.2 Å². The Morgan fingerprint density at radius 3 is 2.80 bits per heavy atom. The highest BCUT2D eigenvalue weighted by atomic mass is 19.1. The van der Waals surface area contributed by atoms with Gasteiger partial charge in [0.05, 0.1) is 5.92 Å². The Kier molecular flexibility index (Phi) is 3.46. The minimum Gasteiger partial charge on any atom is -0.481 e. The van der Waals surface area contributed by atoms with Crippen molar-refractivity contribution in [1.82, 2.24) is 5.32 Å². The smallest absolute Gasteiger partial charge is 0.308 e. The van der Waals surface area contributed by atoms with Crippen molar-refractivity contribution in [3.8, 4) is 0 Å². The molecule has 3 nitrogen and oxygen atoms in total. The van der Waals surface area contributed by atoms with Gasteiger partial charge in [-0.2, -0.15) is 0 Å². The molecule has 2 aliphatic rings. The van der Waals surface area contributed by atoms with Crippen molar-refractivity contribution in [2.45, 2.75) is 31.8 Å². The number of halogens is 2. The lowest BCUT2D eigenvalue weighted by Crippen LogP contribution is -2.43. The number of carbonyl (C=O) groups is 1. The first-order valence-corrected chi connectivity index (χ1v) is 6.96. The number of fused-ring (bicyclic) bond motifs is 2. The lowest BCUT2D eigenvalue weighted by molar-refractivity contribution is -0.144. The van der Waals surface area contributed by atoms with Crippen LogP contribution in [0.5, 0.6) is 0 Å². The Morgan fingerprint density at radius 1 is 1.30 bits per heavy atom. The Bertz CT molecular complexity index is 535. The van der Waals surface area contributed by atoms with Crippen LogP contribution >= 0.6 is 0 Å². The zero-order valence-corrected chi connectivity index (χ0v) is 11.0. The summed E-state index contributed by atoms with van der Waals surface area (Å²) in [6.45, 7) is 0.168. The number of rotatable bonds is 4. The van der Waals surface area contributed by atoms with Gasteiger partial charge in [-0.3, -0.25) is 4.79 Å². The summed E-state index contributed by atoms with van der Waals surface area (Å²) in [5, 5.41) is 12.5. The molecule has 2 saturated carbocycles. The summed E-state index contributed by atoms with van der Waals surface area (Å²) in [6, 6.07) is 3.21. The number of nitrogens with one attached hydrogen (secondary N) is 1. The van der Waals surface area contributed by atoms with Crippen molar-refractivity contribution < 1.29 is 18.7 Å². The van der Waals surface area contributed by atoms with E-state index in [1.165, 1.54) is 0 Å². The summed E-state index contributed by atoms with van der Waals surface area (Å²) in [4.78, 5) is 11.4. The van der Waals surface area contributed by atoms with E-state index in [2.05, 4.69) is 5.32 Å². The molecule has 0 aromatic heterocycles. The third kappa shape index (κ3) is 2.30. The van der Waals surface area contributed by atoms with Gasteiger partial charge in [-0.05, 0) is 49.3 Å². The van der Waals surface area contributed by atoms with E-state index in [-0.39, 0.29) is 24.1 Å². The molecule has 0 spiro atoms. The lowest BCUT2D eigenvalue weighted by Gasteiger charge is -2.29. The van der Waals surface area contributed by atoms with Gasteiger partial charge < -0.3 is 10.4 Å². The monoisotopic (exact) mass is 281 g/mol. The van der Waals surface area contributed by atoms with E-state index in [0.717, 1.165) is 37.5 Å². The minimum absolute atomic E-state index is 0.131. The highest BCUT2D eigenvalue weighted by Crippen LogP contribution is 2.48. The van der Waals surface area contributed by atoms with E-state index in [1.54, 1.807) is 0 Å². The molecular weight excluding hydrogens is 264 g/mol. The average Bonchev–Trinajstić information content (AvgIpc) is 3.00. The molecule has 1 aromatic carbocycles. The molecule has 2 N–H and O–H groups in total. The minimum atomic E-state index is -0.783. The molecule has 4 unspecified atom stereocenters. The summed E-state index contributed by atoms with van der Waals surface area (Å²) >= 11 is 0. The quantitative estimate of drug-likeness (QED) is 0.891. The summed E-state index contributed by atoms with van der Waals surface area (Å²) < 4.78 is 26.7. The zero-order valence-electron chi connectivity index (χ0n) is 11.0. The molecule has 20 heavy (non-hydrogen) atoms. The summed E-state index contributed by atoms with van der Waals surface area (Å²) in [5.41, 5.74) is 0.247. The molecule has 1 aromatic rings. The number of benzene rings is 1. The predicted octanol–water partition coefficient (Wildman–Crippen LogP) is 2.55. The first-order chi connectivity index (χ1) is 9.56. The van der Waals surface area contributed by atoms with Crippen LogP contribution in [-0.2, 0) is 11.3 Å². The Labute approximate surface area is 116 Å². The Balaban J connectivity index is 1.71. The van der Waals surface area contributed by atoms with Gasteiger partial charge in [0, 0.05) is 18.2 Å². The van der Waals surface area contributed by atoms with E-state index >= 15 is 0 Å². The molecule has 2 bridgehead atoms. The highest BCUT2D eigenvalue weighted by molar-refractivity contribution is 5.72. The van der Waals surface area contributed by atoms with Crippen LogP contribution in [0, 0.1) is 29.4 Å². The molecule has 0 radical (unpaired) electrons. The third-order valence-corrected chi connectivity index (χ3v) is 4.74. The van der Waals surface area contributed by atoms with Gasteiger partial charge in [0.1, 0.15) is 11.6 Å². The maximum Gasteiger partial charge on any atom is 0.308 e. The highest BCUT2D eigenvalue weighted by Gasteiger charge is 2.50. The van der Waals surface area contributed by atoms with E-state index in [0.29, 0.717) is 5.92 Å². The SMILES string of the molecule is O=C(O)C1C2CCC(C2)C1NCc1cc(F)ccc1F. The summed E-state index contributed by atoms with van der Waals surface area (Å²) in [5.74, 6) is -1.55. The fourth-order valence-electron chi connectivity index (χ4n) is 3.85. The number of hydrogen-bond acceptors (Lipinski definition) is 2. The standard InChI is InChI=1S/C15H17F2NO2/c16-11-3-4-12(17)10(6-11)7-18-14-9-2-1-8(5-9)13(14)15(19)20/h3-4,6,8-9,13-14,18H,1-2,5,7H2,(H,19,20). The van der Waals surface area contributed by atoms with Crippen molar-refractivity contribution in [2.24, 2.45) is 17.8 Å². The maximum absolute atomic E-state index is 13.6. The second kappa shape index (κ2) is 5.13. The predicted molar refractivity (Wildman–Crippen MR) is 68.9 cm³/mol. The molecule has 3 rings (SSSR count). The third-order valence-electron chi connectivity index (χ3n) is 4.74. The van der Waals surface area contributed by atoms with E-state index in [1.807, 2.05) is 0 Å². The molecule has 0 amide bonds. The second-order valence-electron chi connectivity index (χ2n) is 5.84. The van der Waals surface area contributed by atoms with Gasteiger partial charge in [0.2, 0.25) is 0 Å². The van der Waals surface area contributed by atoms with Crippen LogP contribution in [0.1, 0.15) is 24.8 Å². The molecule has 2 aliphatic carbocycles. The molecule has 0 aliphatic heterocycles. The maximum atomic E-state index is 13.6. The largest absolute Gasteiger partial charge is 0.481 e. The van der Waals surface area contributed by atoms with E-state index in [9.17, 15) is 18.7 Å². The lowest BCUT2D eigenvalue weighted by atomic mass is 9.84. The fourth-order valence-corrected chi connectivity index (χ4v) is 3.85. The van der Waals surface area contributed by atoms with Gasteiger partial charge in [-0.25, -0.2) is 8.78 Å². The van der Waals surface area contributed by atoms with Crippen molar-refractivity contribution in [1.29, 1.82) is 0 Å². The molecule has 0 heterocycles. The van der Waals surface area contributed by atoms with Gasteiger partial charge in [-0.15, -0.1) is 0 Å². The van der Waals surface area contributed by atoms with Gasteiger partial charge >= 0.3 is 5.97 Å². The van der Waals surface area contributed by atoms with Crippen molar-refractivity contribution >= 4 is 5.97 Å². The molecule has 5 heteroatoms. The van der Waals surface area contributed by atoms with Crippen LogP contribution in [0.25, 0.3) is 0 Å². The first kappa shape index (κ1) is 13.5. The normalized spacial score (nSPS) is 31.7. The fraction of sp³-hybridized carbons (Fsp3) is 0.533. The molecule has 108 valence electrons. The van der Waals surface area contributed by atoms with Crippen LogP contribution in [0.3, 0.4) is 0 Å². The van der Waals surface area contributed by atoms with Crippen molar-refractivity contribution in [3.63, 3.8) is 0 Å². The Hall–Kier alpha value is -1.49. The molecular formula is C15H17F2NO2. The van der Waals surface area contributed by atoms with Gasteiger partial charge in [0.25, 0.3) is 0 Å². The number of carboxylic acid groups (broad SMARTS) is 1. The van der Waals surface area contributed by atoms with Gasteiger partial charge in [0.15, 0.2) is 0 Å². The van der Waals surface area contributed by atoms with E-state index in [4.69, 9.17) is 0 Å². The van der Waals surface area contributed by atoms with Crippen LogP contribution < -0.4 is 5.32 Å². The Morgan fingerprint density at radius 2 is 2.05 bits per heavy atom. The zero-order chi connectivity index (χ0) is 14.3. The number of carboxylic acids is 1. The van der Waals surface area contributed by atoms with Crippen LogP contribution in [-0.4, -0.2) is 17.1 Å². The second-order valence-corrected chi connectivity index (χ2v) is 5.84. The summed E-state index contributed by atoms with van der Waals surface area (Å²) in [7, 11) is 0. The first-order valence-electron chi connectivity index (χ1n) is 6.96. The average molecular weight is 281 g/mol. The summed E-state index contributed by atoms with van der Waals surface area (Å²) in [6.07, 6.45) is 2.92. The number of hydrogen-bond donors (Lipinski definition) is 2.